The summed E-state index contributed by atoms with van der Waals surface area (Å²) >= 11 is 1.61. The lowest BCUT2D eigenvalue weighted by molar-refractivity contribution is 0.868. The van der Waals surface area contributed by atoms with Crippen molar-refractivity contribution in [1.29, 1.82) is 0 Å². The van der Waals surface area contributed by atoms with E-state index >= 15 is 0 Å². The van der Waals surface area contributed by atoms with E-state index in [0.717, 1.165) is 27.4 Å². The fourth-order valence-corrected chi connectivity index (χ4v) is 2.87. The summed E-state index contributed by atoms with van der Waals surface area (Å²) in [6, 6.07) is 7.94. The van der Waals surface area contributed by atoms with Gasteiger partial charge in [0.15, 0.2) is 5.65 Å². The van der Waals surface area contributed by atoms with E-state index in [4.69, 9.17) is 0 Å². The highest BCUT2D eigenvalue weighted by atomic mass is 32.1. The first kappa shape index (κ1) is 11.3. The van der Waals surface area contributed by atoms with Gasteiger partial charge in [-0.1, -0.05) is 6.07 Å². The summed E-state index contributed by atoms with van der Waals surface area (Å²) < 4.78 is 1.82. The van der Waals surface area contributed by atoms with Crippen LogP contribution in [0.1, 0.15) is 5.69 Å². The van der Waals surface area contributed by atoms with Crippen LogP contribution in [0.25, 0.3) is 15.9 Å². The number of hydrogen-bond acceptors (Lipinski definition) is 6. The Hall–Kier alpha value is -2.54. The van der Waals surface area contributed by atoms with Crippen molar-refractivity contribution >= 4 is 33.0 Å². The molecule has 0 atom stereocenters. The maximum absolute atomic E-state index is 4.30. The van der Waals surface area contributed by atoms with Crippen molar-refractivity contribution in [2.75, 3.05) is 5.32 Å². The Bertz CT molecular complexity index is 806. The fourth-order valence-electron chi connectivity index (χ4n) is 2.14. The molecule has 4 rings (SSSR count). The van der Waals surface area contributed by atoms with Crippen LogP contribution in [0.5, 0.6) is 0 Å². The van der Waals surface area contributed by atoms with Crippen LogP contribution in [0, 0.1) is 0 Å². The summed E-state index contributed by atoms with van der Waals surface area (Å²) in [5, 5.41) is 10.6. The summed E-state index contributed by atoms with van der Waals surface area (Å²) in [4.78, 5) is 13.7. The maximum atomic E-state index is 4.30. The molecule has 4 aromatic rings. The normalized spacial score (nSPS) is 11.2. The first-order valence-corrected chi connectivity index (χ1v) is 6.99. The number of nitrogens with zero attached hydrogens (tertiary/aromatic N) is 5. The van der Waals surface area contributed by atoms with E-state index in [1.54, 1.807) is 24.0 Å². The van der Waals surface area contributed by atoms with Gasteiger partial charge in [-0.15, -0.1) is 11.3 Å². The van der Waals surface area contributed by atoms with Gasteiger partial charge < -0.3 is 5.32 Å². The summed E-state index contributed by atoms with van der Waals surface area (Å²) in [5.41, 5.74) is 1.87. The third-order valence-electron chi connectivity index (χ3n) is 3.08. The molecule has 0 spiro atoms. The van der Waals surface area contributed by atoms with Crippen LogP contribution in [-0.2, 0) is 6.54 Å². The highest BCUT2D eigenvalue weighted by Gasteiger charge is 2.06. The first-order valence-electron chi connectivity index (χ1n) is 6.11. The number of nitrogens with one attached hydrogen (secondary N) is 1. The van der Waals surface area contributed by atoms with E-state index in [9.17, 15) is 0 Å². The second-order valence-electron chi connectivity index (χ2n) is 4.26. The Balaban J connectivity index is 1.67. The molecular weight excluding hydrogens is 272 g/mol. The largest absolute Gasteiger partial charge is 0.364 e. The Labute approximate surface area is 118 Å². The van der Waals surface area contributed by atoms with Gasteiger partial charge in [0.05, 0.1) is 17.6 Å². The molecule has 1 N–H and O–H groups in total. The Morgan fingerprint density at radius 2 is 2.10 bits per heavy atom. The van der Waals surface area contributed by atoms with Crippen molar-refractivity contribution in [2.24, 2.45) is 0 Å². The van der Waals surface area contributed by atoms with Crippen LogP contribution < -0.4 is 5.32 Å². The summed E-state index contributed by atoms with van der Waals surface area (Å²) in [6.45, 7) is 0.628. The molecule has 7 heteroatoms. The number of rotatable bonds is 3. The molecule has 0 aromatic carbocycles. The smallest absolute Gasteiger partial charge is 0.155 e. The zero-order valence-electron chi connectivity index (χ0n) is 10.4. The van der Waals surface area contributed by atoms with Crippen LogP contribution in [0.2, 0.25) is 0 Å². The lowest BCUT2D eigenvalue weighted by atomic mass is 10.3. The van der Waals surface area contributed by atoms with Gasteiger partial charge in [0.25, 0.3) is 0 Å². The molecule has 0 bridgehead atoms. The van der Waals surface area contributed by atoms with Crippen LogP contribution in [-0.4, -0.2) is 24.6 Å². The Kier molecular flexibility index (Phi) is 2.56. The van der Waals surface area contributed by atoms with E-state index in [-0.39, 0.29) is 0 Å². The minimum absolute atomic E-state index is 0.628. The molecule has 0 radical (unpaired) electrons. The predicted octanol–water partition coefficient (Wildman–Crippen LogP) is 2.35. The standard InChI is InChI=1S/C13H10N6S/c1-2-9(19-11(3-1)15-8-18-19)6-14-12-10-4-5-20-13(10)17-7-16-12/h1-5,7-8H,6H2,(H,14,16,17). The summed E-state index contributed by atoms with van der Waals surface area (Å²) in [5.74, 6) is 0.841. The SMILES string of the molecule is c1cc(CNc2ncnc3sccc23)n2ncnc2c1. The number of thiophene rings is 1. The van der Waals surface area contributed by atoms with Crippen molar-refractivity contribution in [2.45, 2.75) is 6.54 Å². The zero-order valence-corrected chi connectivity index (χ0v) is 11.2. The van der Waals surface area contributed by atoms with Crippen LogP contribution in [0.15, 0.2) is 42.3 Å². The van der Waals surface area contributed by atoms with E-state index in [1.165, 1.54) is 0 Å². The molecule has 98 valence electrons. The van der Waals surface area contributed by atoms with Gasteiger partial charge in [-0.3, -0.25) is 0 Å². The molecule has 0 unspecified atom stereocenters. The lowest BCUT2D eigenvalue weighted by Crippen LogP contribution is -2.07. The van der Waals surface area contributed by atoms with Crippen LogP contribution >= 0.6 is 11.3 Å². The molecule has 20 heavy (non-hydrogen) atoms. The molecule has 4 heterocycles. The van der Waals surface area contributed by atoms with Gasteiger partial charge in [0, 0.05) is 0 Å². The molecule has 0 amide bonds. The van der Waals surface area contributed by atoms with Gasteiger partial charge in [0.2, 0.25) is 0 Å². The second kappa shape index (κ2) is 4.53. The van der Waals surface area contributed by atoms with Crippen LogP contribution in [0.3, 0.4) is 0 Å². The number of anilines is 1. The van der Waals surface area contributed by atoms with Crippen LogP contribution in [0.4, 0.5) is 5.82 Å². The third-order valence-corrected chi connectivity index (χ3v) is 3.90. The molecule has 0 aliphatic heterocycles. The lowest BCUT2D eigenvalue weighted by Gasteiger charge is -2.07. The van der Waals surface area contributed by atoms with Crippen molar-refractivity contribution in [3.8, 4) is 0 Å². The van der Waals surface area contributed by atoms with Crippen molar-refractivity contribution in [3.63, 3.8) is 0 Å². The van der Waals surface area contributed by atoms with Gasteiger partial charge in [-0.25, -0.2) is 19.5 Å². The minimum Gasteiger partial charge on any atom is -0.364 e. The van der Waals surface area contributed by atoms with E-state index in [2.05, 4.69) is 25.4 Å². The molecule has 0 saturated heterocycles. The van der Waals surface area contributed by atoms with Gasteiger partial charge >= 0.3 is 0 Å². The van der Waals surface area contributed by atoms with Crippen molar-refractivity contribution in [1.82, 2.24) is 24.6 Å². The van der Waals surface area contributed by atoms with Crippen molar-refractivity contribution < 1.29 is 0 Å². The molecule has 0 fully saturated rings. The van der Waals surface area contributed by atoms with Gasteiger partial charge in [-0.05, 0) is 23.6 Å². The number of hydrogen-bond donors (Lipinski definition) is 1. The second-order valence-corrected chi connectivity index (χ2v) is 5.16. The zero-order chi connectivity index (χ0) is 13.4. The van der Waals surface area contributed by atoms with Gasteiger partial charge in [0.1, 0.15) is 23.3 Å². The molecular formula is C13H10N6S. The average molecular weight is 282 g/mol. The molecule has 0 aliphatic rings. The monoisotopic (exact) mass is 282 g/mol. The average Bonchev–Trinajstić information content (AvgIpc) is 3.13. The third kappa shape index (κ3) is 1.79. The molecule has 6 nitrogen and oxygen atoms in total. The quantitative estimate of drug-likeness (QED) is 0.624. The van der Waals surface area contributed by atoms with E-state index in [0.29, 0.717) is 6.54 Å². The first-order chi connectivity index (χ1) is 9.92. The molecule has 0 saturated carbocycles. The highest BCUT2D eigenvalue weighted by Crippen LogP contribution is 2.23. The van der Waals surface area contributed by atoms with E-state index < -0.39 is 0 Å². The Morgan fingerprint density at radius 1 is 1.10 bits per heavy atom. The minimum atomic E-state index is 0.628. The van der Waals surface area contributed by atoms with E-state index in [1.807, 2.05) is 34.2 Å². The van der Waals surface area contributed by atoms with Gasteiger partial charge in [-0.2, -0.15) is 5.10 Å². The summed E-state index contributed by atoms with van der Waals surface area (Å²) in [6.07, 6.45) is 3.14. The Morgan fingerprint density at radius 3 is 3.10 bits per heavy atom. The topological polar surface area (TPSA) is 68.0 Å². The number of fused-ring (bicyclic) bond motifs is 2. The molecule has 0 aliphatic carbocycles. The maximum Gasteiger partial charge on any atom is 0.155 e. The highest BCUT2D eigenvalue weighted by molar-refractivity contribution is 7.16. The molecule has 4 aromatic heterocycles. The fraction of sp³-hybridized carbons (Fsp3) is 0.0769. The summed E-state index contributed by atoms with van der Waals surface area (Å²) in [7, 11) is 0. The van der Waals surface area contributed by atoms with Crippen molar-refractivity contribution in [3.05, 3.63) is 48.0 Å². The number of aromatic nitrogens is 5. The number of pyridine rings is 1. The predicted molar refractivity (Wildman–Crippen MR) is 77.7 cm³/mol.